The van der Waals surface area contributed by atoms with Gasteiger partial charge in [-0.15, -0.1) is 11.3 Å². The van der Waals surface area contributed by atoms with Gasteiger partial charge in [-0.05, 0) is 24.4 Å². The Bertz CT molecular complexity index is 1030. The Labute approximate surface area is 153 Å². The first kappa shape index (κ1) is 16.2. The number of amides is 1. The quantitative estimate of drug-likeness (QED) is 0.579. The zero-order chi connectivity index (χ0) is 17.9. The Morgan fingerprint density at radius 2 is 2.08 bits per heavy atom. The van der Waals surface area contributed by atoms with E-state index >= 15 is 0 Å². The molecule has 4 rings (SSSR count). The third-order valence-corrected chi connectivity index (χ3v) is 4.67. The molecule has 0 radical (unpaired) electrons. The van der Waals surface area contributed by atoms with Crippen LogP contribution in [0, 0.1) is 0 Å². The van der Waals surface area contributed by atoms with Crippen LogP contribution in [0.15, 0.2) is 58.6 Å². The number of hydrogen-bond acceptors (Lipinski definition) is 6. The van der Waals surface area contributed by atoms with E-state index in [0.717, 1.165) is 5.56 Å². The van der Waals surface area contributed by atoms with E-state index in [1.54, 1.807) is 23.0 Å². The topological polar surface area (TPSA) is 85.8 Å². The highest BCUT2D eigenvalue weighted by molar-refractivity contribution is 7.14. The molecule has 0 unspecified atom stereocenters. The molecule has 0 fully saturated rings. The summed E-state index contributed by atoms with van der Waals surface area (Å²) in [6.45, 7) is 2.67. The summed E-state index contributed by atoms with van der Waals surface area (Å²) < 4.78 is 7.09. The molecule has 0 aliphatic heterocycles. The SMILES string of the molecule is CCn1ccc(C(=O)Nc2ccsc2-c2nc(-c3ccccc3)no2)n1. The summed E-state index contributed by atoms with van der Waals surface area (Å²) in [4.78, 5) is 17.6. The lowest BCUT2D eigenvalue weighted by atomic mass is 10.2. The van der Waals surface area contributed by atoms with Crippen molar-refractivity contribution in [3.63, 3.8) is 0 Å². The van der Waals surface area contributed by atoms with E-state index in [4.69, 9.17) is 4.52 Å². The van der Waals surface area contributed by atoms with Gasteiger partial charge in [-0.1, -0.05) is 35.5 Å². The van der Waals surface area contributed by atoms with Gasteiger partial charge >= 0.3 is 0 Å². The smallest absolute Gasteiger partial charge is 0.276 e. The van der Waals surface area contributed by atoms with Crippen molar-refractivity contribution in [2.75, 3.05) is 5.32 Å². The van der Waals surface area contributed by atoms with Crippen LogP contribution >= 0.6 is 11.3 Å². The van der Waals surface area contributed by atoms with Crippen LogP contribution in [0.25, 0.3) is 22.2 Å². The van der Waals surface area contributed by atoms with Crippen LogP contribution in [0.4, 0.5) is 5.69 Å². The van der Waals surface area contributed by atoms with Gasteiger partial charge < -0.3 is 9.84 Å². The normalized spacial score (nSPS) is 10.8. The van der Waals surface area contributed by atoms with Gasteiger partial charge in [0, 0.05) is 18.3 Å². The van der Waals surface area contributed by atoms with Crippen LogP contribution in [0.3, 0.4) is 0 Å². The molecule has 1 N–H and O–H groups in total. The van der Waals surface area contributed by atoms with Gasteiger partial charge in [-0.3, -0.25) is 9.48 Å². The highest BCUT2D eigenvalue weighted by Crippen LogP contribution is 2.33. The van der Waals surface area contributed by atoms with E-state index in [1.165, 1.54) is 11.3 Å². The lowest BCUT2D eigenvalue weighted by molar-refractivity contribution is 0.102. The Hall–Kier alpha value is -3.26. The summed E-state index contributed by atoms with van der Waals surface area (Å²) in [5.41, 5.74) is 1.85. The Kier molecular flexibility index (Phi) is 4.32. The van der Waals surface area contributed by atoms with Crippen molar-refractivity contribution in [1.29, 1.82) is 0 Å². The number of carbonyl (C=O) groups is 1. The molecule has 0 aliphatic carbocycles. The largest absolute Gasteiger partial charge is 0.333 e. The molecule has 7 nitrogen and oxygen atoms in total. The fourth-order valence-corrected chi connectivity index (χ4v) is 3.21. The van der Waals surface area contributed by atoms with Crippen molar-refractivity contribution in [3.05, 3.63) is 59.7 Å². The molecule has 1 aromatic carbocycles. The maximum atomic E-state index is 12.4. The average molecular weight is 365 g/mol. The maximum Gasteiger partial charge on any atom is 0.276 e. The van der Waals surface area contributed by atoms with Gasteiger partial charge in [0.2, 0.25) is 5.82 Å². The molecule has 3 aromatic heterocycles. The molecular weight excluding hydrogens is 350 g/mol. The number of nitrogens with zero attached hydrogens (tertiary/aromatic N) is 4. The van der Waals surface area contributed by atoms with Crippen molar-refractivity contribution in [2.45, 2.75) is 13.5 Å². The number of carbonyl (C=O) groups excluding carboxylic acids is 1. The molecule has 0 saturated heterocycles. The third-order valence-electron chi connectivity index (χ3n) is 3.76. The van der Waals surface area contributed by atoms with Crippen LogP contribution in [-0.4, -0.2) is 25.8 Å². The fraction of sp³-hybridized carbons (Fsp3) is 0.111. The van der Waals surface area contributed by atoms with Crippen molar-refractivity contribution in [3.8, 4) is 22.2 Å². The summed E-state index contributed by atoms with van der Waals surface area (Å²) in [5, 5.41) is 13.0. The number of anilines is 1. The van der Waals surface area contributed by atoms with Gasteiger partial charge in [-0.2, -0.15) is 10.1 Å². The Morgan fingerprint density at radius 3 is 2.85 bits per heavy atom. The number of rotatable bonds is 5. The molecule has 0 aliphatic rings. The summed E-state index contributed by atoms with van der Waals surface area (Å²) >= 11 is 1.42. The van der Waals surface area contributed by atoms with Gasteiger partial charge in [-0.25, -0.2) is 0 Å². The first-order valence-electron chi connectivity index (χ1n) is 8.06. The molecular formula is C18H15N5O2S. The molecule has 130 valence electrons. The van der Waals surface area contributed by atoms with Crippen molar-refractivity contribution >= 4 is 22.9 Å². The zero-order valence-electron chi connectivity index (χ0n) is 13.9. The van der Waals surface area contributed by atoms with E-state index in [0.29, 0.717) is 34.5 Å². The van der Waals surface area contributed by atoms with E-state index in [1.807, 2.05) is 42.6 Å². The standard InChI is InChI=1S/C18H15N5O2S/c1-2-23-10-8-14(21-23)17(24)19-13-9-11-26-15(13)18-20-16(22-25-18)12-6-4-3-5-7-12/h3-11H,2H2,1H3,(H,19,24). The second-order valence-electron chi connectivity index (χ2n) is 5.46. The molecule has 8 heteroatoms. The Morgan fingerprint density at radius 1 is 1.23 bits per heavy atom. The van der Waals surface area contributed by atoms with Crippen molar-refractivity contribution in [1.82, 2.24) is 19.9 Å². The van der Waals surface area contributed by atoms with E-state index in [-0.39, 0.29) is 5.91 Å². The minimum atomic E-state index is -0.278. The van der Waals surface area contributed by atoms with E-state index in [2.05, 4.69) is 20.6 Å². The highest BCUT2D eigenvalue weighted by atomic mass is 32.1. The summed E-state index contributed by atoms with van der Waals surface area (Å²) in [6, 6.07) is 13.1. The van der Waals surface area contributed by atoms with Crippen molar-refractivity contribution in [2.24, 2.45) is 0 Å². The molecule has 3 heterocycles. The number of nitrogens with one attached hydrogen (secondary N) is 1. The number of aromatic nitrogens is 4. The second-order valence-corrected chi connectivity index (χ2v) is 6.38. The van der Waals surface area contributed by atoms with Crippen LogP contribution in [0.1, 0.15) is 17.4 Å². The summed E-state index contributed by atoms with van der Waals surface area (Å²) in [6.07, 6.45) is 1.77. The minimum Gasteiger partial charge on any atom is -0.333 e. The van der Waals surface area contributed by atoms with Gasteiger partial charge in [0.05, 0.1) is 5.69 Å². The second kappa shape index (κ2) is 6.93. The van der Waals surface area contributed by atoms with Crippen LogP contribution in [-0.2, 0) is 6.54 Å². The number of thiophene rings is 1. The van der Waals surface area contributed by atoms with Gasteiger partial charge in [0.25, 0.3) is 11.8 Å². The van der Waals surface area contributed by atoms with Crippen LogP contribution in [0.2, 0.25) is 0 Å². The molecule has 0 spiro atoms. The predicted molar refractivity (Wildman–Crippen MR) is 98.9 cm³/mol. The fourth-order valence-electron chi connectivity index (χ4n) is 2.44. The first-order chi connectivity index (χ1) is 12.7. The number of hydrogen-bond donors (Lipinski definition) is 1. The zero-order valence-corrected chi connectivity index (χ0v) is 14.7. The minimum absolute atomic E-state index is 0.278. The first-order valence-corrected chi connectivity index (χ1v) is 8.94. The van der Waals surface area contributed by atoms with Crippen molar-refractivity contribution < 1.29 is 9.32 Å². The van der Waals surface area contributed by atoms with E-state index < -0.39 is 0 Å². The lowest BCUT2D eigenvalue weighted by Gasteiger charge is -2.02. The molecule has 0 bridgehead atoms. The highest BCUT2D eigenvalue weighted by Gasteiger charge is 2.18. The maximum absolute atomic E-state index is 12.4. The monoisotopic (exact) mass is 365 g/mol. The van der Waals surface area contributed by atoms with Crippen LogP contribution < -0.4 is 5.32 Å². The third kappa shape index (κ3) is 3.14. The molecule has 1 amide bonds. The molecule has 4 aromatic rings. The lowest BCUT2D eigenvalue weighted by Crippen LogP contribution is -2.13. The average Bonchev–Trinajstić information content (AvgIpc) is 3.42. The summed E-state index contributed by atoms with van der Waals surface area (Å²) in [5.74, 6) is 0.598. The number of aryl methyl sites for hydroxylation is 1. The predicted octanol–water partition coefficient (Wildman–Crippen LogP) is 3.93. The molecule has 0 saturated carbocycles. The Balaban J connectivity index is 1.57. The molecule has 26 heavy (non-hydrogen) atoms. The van der Waals surface area contributed by atoms with E-state index in [9.17, 15) is 4.79 Å². The number of benzene rings is 1. The van der Waals surface area contributed by atoms with Gasteiger partial charge in [0.1, 0.15) is 4.88 Å². The van der Waals surface area contributed by atoms with Gasteiger partial charge in [0.15, 0.2) is 5.69 Å². The summed E-state index contributed by atoms with van der Waals surface area (Å²) in [7, 11) is 0. The molecule has 0 atom stereocenters. The van der Waals surface area contributed by atoms with Crippen LogP contribution in [0.5, 0.6) is 0 Å².